The van der Waals surface area contributed by atoms with E-state index >= 15 is 0 Å². The van der Waals surface area contributed by atoms with Gasteiger partial charge in [0.1, 0.15) is 0 Å². The summed E-state index contributed by atoms with van der Waals surface area (Å²) in [6.45, 7) is 2.12. The Labute approximate surface area is 96.9 Å². The maximum absolute atomic E-state index is 11.6. The highest BCUT2D eigenvalue weighted by atomic mass is 32.1. The molecule has 2 heterocycles. The van der Waals surface area contributed by atoms with Gasteiger partial charge in [-0.1, -0.05) is 6.07 Å². The summed E-state index contributed by atoms with van der Waals surface area (Å²) < 4.78 is 4.93. The van der Waals surface area contributed by atoms with Crippen molar-refractivity contribution in [1.82, 2.24) is 9.97 Å². The largest absolute Gasteiger partial charge is 0.461 e. The van der Waals surface area contributed by atoms with Crippen LogP contribution in [0.5, 0.6) is 0 Å². The molecule has 0 aliphatic heterocycles. The molecule has 0 N–H and O–H groups in total. The molecule has 2 aromatic rings. The Kier molecular flexibility index (Phi) is 3.26. The molecule has 0 fully saturated rings. The van der Waals surface area contributed by atoms with Crippen molar-refractivity contribution < 1.29 is 9.53 Å². The first-order valence-electron chi connectivity index (χ1n) is 4.84. The van der Waals surface area contributed by atoms with Crippen molar-refractivity contribution in [2.24, 2.45) is 0 Å². The maximum Gasteiger partial charge on any atom is 0.358 e. The Morgan fingerprint density at radius 3 is 3.12 bits per heavy atom. The van der Waals surface area contributed by atoms with Crippen molar-refractivity contribution in [3.05, 3.63) is 35.7 Å². The summed E-state index contributed by atoms with van der Waals surface area (Å²) in [7, 11) is 0. The Morgan fingerprint density at radius 2 is 2.44 bits per heavy atom. The quantitative estimate of drug-likeness (QED) is 0.765. The van der Waals surface area contributed by atoms with Gasteiger partial charge in [0.15, 0.2) is 5.69 Å². The lowest BCUT2D eigenvalue weighted by Crippen LogP contribution is -2.06. The van der Waals surface area contributed by atoms with E-state index in [1.165, 1.54) is 11.3 Å². The normalized spacial score (nSPS) is 10.1. The van der Waals surface area contributed by atoms with Gasteiger partial charge in [-0.15, -0.1) is 11.3 Å². The van der Waals surface area contributed by atoms with E-state index in [1.807, 2.05) is 12.1 Å². The number of carbonyl (C=O) groups excluding carboxylic acids is 1. The minimum absolute atomic E-state index is 0.350. The lowest BCUT2D eigenvalue weighted by atomic mass is 10.2. The van der Waals surface area contributed by atoms with Crippen molar-refractivity contribution in [3.63, 3.8) is 0 Å². The van der Waals surface area contributed by atoms with Crippen LogP contribution >= 0.6 is 11.3 Å². The highest BCUT2D eigenvalue weighted by Crippen LogP contribution is 2.27. The molecule has 0 bridgehead atoms. The molecule has 0 aliphatic carbocycles. The SMILES string of the molecule is CCOC(=O)c1ncsc1-c1cccnc1. The Balaban J connectivity index is 2.37. The predicted molar refractivity (Wildman–Crippen MR) is 61.3 cm³/mol. The third-order valence-corrected chi connectivity index (χ3v) is 2.84. The average Bonchev–Trinajstić information content (AvgIpc) is 2.79. The van der Waals surface area contributed by atoms with Gasteiger partial charge in [-0.3, -0.25) is 4.98 Å². The van der Waals surface area contributed by atoms with E-state index in [4.69, 9.17) is 4.74 Å². The van der Waals surface area contributed by atoms with Gasteiger partial charge in [-0.2, -0.15) is 0 Å². The first-order chi connectivity index (χ1) is 7.83. The van der Waals surface area contributed by atoms with E-state index < -0.39 is 0 Å². The fourth-order valence-electron chi connectivity index (χ4n) is 1.29. The lowest BCUT2D eigenvalue weighted by Gasteiger charge is -2.01. The third-order valence-electron chi connectivity index (χ3n) is 1.96. The smallest absolute Gasteiger partial charge is 0.358 e. The fourth-order valence-corrected chi connectivity index (χ4v) is 2.06. The molecule has 4 nitrogen and oxygen atoms in total. The molecule has 2 aromatic heterocycles. The van der Waals surface area contributed by atoms with Gasteiger partial charge in [-0.05, 0) is 13.0 Å². The van der Waals surface area contributed by atoms with E-state index in [9.17, 15) is 4.79 Å². The number of pyridine rings is 1. The Morgan fingerprint density at radius 1 is 1.56 bits per heavy atom. The molecule has 0 saturated carbocycles. The van der Waals surface area contributed by atoms with Crippen molar-refractivity contribution in [2.75, 3.05) is 6.61 Å². The molecule has 0 aromatic carbocycles. The molecule has 0 saturated heterocycles. The van der Waals surface area contributed by atoms with Crippen molar-refractivity contribution in [1.29, 1.82) is 0 Å². The molecule has 0 aliphatic rings. The van der Waals surface area contributed by atoms with Gasteiger partial charge in [-0.25, -0.2) is 9.78 Å². The number of esters is 1. The van der Waals surface area contributed by atoms with Crippen molar-refractivity contribution >= 4 is 17.3 Å². The third kappa shape index (κ3) is 2.09. The van der Waals surface area contributed by atoms with Crippen LogP contribution in [0.1, 0.15) is 17.4 Å². The van der Waals surface area contributed by atoms with Crippen LogP contribution in [-0.2, 0) is 4.74 Å². The van der Waals surface area contributed by atoms with Crippen LogP contribution in [0.2, 0.25) is 0 Å². The minimum Gasteiger partial charge on any atom is -0.461 e. The second-order valence-corrected chi connectivity index (χ2v) is 3.85. The molecule has 16 heavy (non-hydrogen) atoms. The maximum atomic E-state index is 11.6. The number of thiazole rings is 1. The summed E-state index contributed by atoms with van der Waals surface area (Å²) in [4.78, 5) is 20.4. The molecular weight excluding hydrogens is 224 g/mol. The zero-order chi connectivity index (χ0) is 11.4. The summed E-state index contributed by atoms with van der Waals surface area (Å²) in [5.41, 5.74) is 2.88. The first-order valence-corrected chi connectivity index (χ1v) is 5.72. The summed E-state index contributed by atoms with van der Waals surface area (Å²) in [6.07, 6.45) is 3.39. The number of carbonyl (C=O) groups is 1. The number of hydrogen-bond donors (Lipinski definition) is 0. The van der Waals surface area contributed by atoms with Gasteiger partial charge in [0.25, 0.3) is 0 Å². The summed E-state index contributed by atoms with van der Waals surface area (Å²) in [5, 5.41) is 0. The second kappa shape index (κ2) is 4.85. The van der Waals surface area contributed by atoms with Crippen molar-refractivity contribution in [3.8, 4) is 10.4 Å². The summed E-state index contributed by atoms with van der Waals surface area (Å²) >= 11 is 1.40. The Hall–Kier alpha value is -1.75. The first kappa shape index (κ1) is 10.8. The number of aromatic nitrogens is 2. The van der Waals surface area contributed by atoms with Crippen LogP contribution in [0, 0.1) is 0 Å². The van der Waals surface area contributed by atoms with Gasteiger partial charge in [0.05, 0.1) is 17.0 Å². The van der Waals surface area contributed by atoms with Gasteiger partial charge >= 0.3 is 5.97 Å². The van der Waals surface area contributed by atoms with E-state index in [0.717, 1.165) is 10.4 Å². The number of rotatable bonds is 3. The number of ether oxygens (including phenoxy) is 1. The molecule has 2 rings (SSSR count). The van der Waals surface area contributed by atoms with Crippen LogP contribution in [-0.4, -0.2) is 22.5 Å². The second-order valence-electron chi connectivity index (χ2n) is 2.99. The van der Waals surface area contributed by atoms with Crippen LogP contribution in [0.15, 0.2) is 30.0 Å². The van der Waals surface area contributed by atoms with Crippen LogP contribution < -0.4 is 0 Å². The summed E-state index contributed by atoms with van der Waals surface area (Å²) in [6, 6.07) is 3.72. The zero-order valence-electron chi connectivity index (χ0n) is 8.71. The number of hydrogen-bond acceptors (Lipinski definition) is 5. The zero-order valence-corrected chi connectivity index (χ0v) is 9.53. The van der Waals surface area contributed by atoms with Gasteiger partial charge < -0.3 is 4.74 Å². The summed E-state index contributed by atoms with van der Waals surface area (Å²) in [5.74, 6) is -0.386. The minimum atomic E-state index is -0.386. The lowest BCUT2D eigenvalue weighted by molar-refractivity contribution is 0.0521. The molecule has 82 valence electrons. The monoisotopic (exact) mass is 234 g/mol. The fraction of sp³-hybridized carbons (Fsp3) is 0.182. The van der Waals surface area contributed by atoms with E-state index in [1.54, 1.807) is 24.8 Å². The molecule has 5 heteroatoms. The van der Waals surface area contributed by atoms with Crippen LogP contribution in [0.25, 0.3) is 10.4 Å². The van der Waals surface area contributed by atoms with Crippen molar-refractivity contribution in [2.45, 2.75) is 6.92 Å². The topological polar surface area (TPSA) is 52.1 Å². The van der Waals surface area contributed by atoms with Gasteiger partial charge in [0.2, 0.25) is 0 Å². The molecule has 0 amide bonds. The number of nitrogens with zero attached hydrogens (tertiary/aromatic N) is 2. The van der Waals surface area contributed by atoms with E-state index in [-0.39, 0.29) is 5.97 Å². The molecular formula is C11H10N2O2S. The molecule has 0 atom stereocenters. The highest BCUT2D eigenvalue weighted by molar-refractivity contribution is 7.13. The Bertz CT molecular complexity index is 482. The molecule has 0 spiro atoms. The molecule has 0 unspecified atom stereocenters. The van der Waals surface area contributed by atoms with Crippen LogP contribution in [0.3, 0.4) is 0 Å². The predicted octanol–water partition coefficient (Wildman–Crippen LogP) is 2.38. The average molecular weight is 234 g/mol. The van der Waals surface area contributed by atoms with E-state index in [2.05, 4.69) is 9.97 Å². The van der Waals surface area contributed by atoms with E-state index in [0.29, 0.717) is 12.3 Å². The van der Waals surface area contributed by atoms with Crippen LogP contribution in [0.4, 0.5) is 0 Å². The standard InChI is InChI=1S/C11H10N2O2S/c1-2-15-11(14)9-10(16-7-13-9)8-4-3-5-12-6-8/h3-7H,2H2,1H3. The van der Waals surface area contributed by atoms with Gasteiger partial charge in [0, 0.05) is 18.0 Å². The highest BCUT2D eigenvalue weighted by Gasteiger charge is 2.17. The molecule has 0 radical (unpaired) electrons.